The van der Waals surface area contributed by atoms with Crippen LogP contribution in [0.1, 0.15) is 5.56 Å². The molecule has 0 saturated carbocycles. The van der Waals surface area contributed by atoms with Crippen molar-refractivity contribution in [1.29, 1.82) is 0 Å². The molecule has 0 spiro atoms. The van der Waals surface area contributed by atoms with Gasteiger partial charge in [-0.05, 0) is 35.9 Å². The summed E-state index contributed by atoms with van der Waals surface area (Å²) in [6, 6.07) is 14.5. The largest absolute Gasteiger partial charge is 0.366 e. The summed E-state index contributed by atoms with van der Waals surface area (Å²) in [5, 5.41) is 0. The molecular weight excluding hydrogens is 371 g/mol. The van der Waals surface area contributed by atoms with Crippen LogP contribution >= 0.6 is 15.9 Å². The minimum atomic E-state index is -0.215. The van der Waals surface area contributed by atoms with Gasteiger partial charge in [0.15, 0.2) is 0 Å². The summed E-state index contributed by atoms with van der Waals surface area (Å²) in [4.78, 5) is 16.1. The molecule has 0 unspecified atom stereocenters. The molecule has 3 nitrogen and oxygen atoms in total. The van der Waals surface area contributed by atoms with Crippen LogP contribution in [-0.2, 0) is 4.79 Å². The Kier molecular flexibility index (Phi) is 5.30. The van der Waals surface area contributed by atoms with E-state index >= 15 is 0 Å². The van der Waals surface area contributed by atoms with Crippen molar-refractivity contribution in [3.8, 4) is 0 Å². The van der Waals surface area contributed by atoms with Gasteiger partial charge in [-0.15, -0.1) is 0 Å². The van der Waals surface area contributed by atoms with Crippen molar-refractivity contribution in [2.24, 2.45) is 0 Å². The highest BCUT2D eigenvalue weighted by molar-refractivity contribution is 9.10. The number of nitrogens with zero attached hydrogens (tertiary/aromatic N) is 2. The number of carbonyl (C=O) groups is 1. The van der Waals surface area contributed by atoms with E-state index < -0.39 is 0 Å². The summed E-state index contributed by atoms with van der Waals surface area (Å²) < 4.78 is 14.8. The van der Waals surface area contributed by atoms with E-state index in [1.165, 1.54) is 6.07 Å². The van der Waals surface area contributed by atoms with E-state index in [1.54, 1.807) is 23.1 Å². The molecular formula is C19H18BrFN2O. The highest BCUT2D eigenvalue weighted by atomic mass is 79.9. The first kappa shape index (κ1) is 16.7. The summed E-state index contributed by atoms with van der Waals surface area (Å²) in [6.07, 6.45) is 3.42. The van der Waals surface area contributed by atoms with Gasteiger partial charge in [0, 0.05) is 36.7 Å². The fourth-order valence-electron chi connectivity index (χ4n) is 2.72. The molecule has 1 amide bonds. The molecule has 0 radical (unpaired) electrons. The van der Waals surface area contributed by atoms with Crippen LogP contribution in [0, 0.1) is 5.82 Å². The Morgan fingerprint density at radius 2 is 1.67 bits per heavy atom. The average molecular weight is 389 g/mol. The Labute approximate surface area is 149 Å². The number of amides is 1. The van der Waals surface area contributed by atoms with Crippen molar-refractivity contribution in [2.75, 3.05) is 31.1 Å². The number of anilines is 1. The van der Waals surface area contributed by atoms with Gasteiger partial charge < -0.3 is 9.80 Å². The number of para-hydroxylation sites is 1. The van der Waals surface area contributed by atoms with Gasteiger partial charge in [0.1, 0.15) is 5.82 Å². The van der Waals surface area contributed by atoms with Crippen LogP contribution in [0.15, 0.2) is 59.1 Å². The van der Waals surface area contributed by atoms with Crippen LogP contribution in [0.25, 0.3) is 6.08 Å². The van der Waals surface area contributed by atoms with E-state index in [9.17, 15) is 9.18 Å². The van der Waals surface area contributed by atoms with Crippen LogP contribution in [-0.4, -0.2) is 37.0 Å². The molecule has 0 bridgehead atoms. The van der Waals surface area contributed by atoms with Gasteiger partial charge >= 0.3 is 0 Å². The molecule has 1 aliphatic rings. The third-order valence-corrected chi connectivity index (χ3v) is 4.60. The van der Waals surface area contributed by atoms with Crippen LogP contribution in [0.4, 0.5) is 10.1 Å². The summed E-state index contributed by atoms with van der Waals surface area (Å²) in [7, 11) is 0. The van der Waals surface area contributed by atoms with Crippen LogP contribution in [0.5, 0.6) is 0 Å². The van der Waals surface area contributed by atoms with E-state index in [0.29, 0.717) is 31.9 Å². The quantitative estimate of drug-likeness (QED) is 0.743. The van der Waals surface area contributed by atoms with Crippen LogP contribution < -0.4 is 4.90 Å². The molecule has 0 aromatic heterocycles. The number of piperazine rings is 1. The maximum Gasteiger partial charge on any atom is 0.246 e. The zero-order valence-corrected chi connectivity index (χ0v) is 14.7. The van der Waals surface area contributed by atoms with Gasteiger partial charge in [0.05, 0.1) is 5.69 Å². The monoisotopic (exact) mass is 388 g/mol. The number of carbonyl (C=O) groups excluding carboxylic acids is 1. The molecule has 24 heavy (non-hydrogen) atoms. The van der Waals surface area contributed by atoms with Crippen molar-refractivity contribution >= 4 is 33.6 Å². The lowest BCUT2D eigenvalue weighted by molar-refractivity contribution is -0.126. The lowest BCUT2D eigenvalue weighted by Crippen LogP contribution is -2.48. The van der Waals surface area contributed by atoms with Gasteiger partial charge in [-0.2, -0.15) is 0 Å². The first-order chi connectivity index (χ1) is 11.6. The Morgan fingerprint density at radius 3 is 2.33 bits per heavy atom. The Morgan fingerprint density at radius 1 is 1.00 bits per heavy atom. The molecule has 2 aromatic carbocycles. The smallest absolute Gasteiger partial charge is 0.246 e. The number of halogens is 2. The van der Waals surface area contributed by atoms with Gasteiger partial charge in [0.2, 0.25) is 5.91 Å². The molecule has 1 heterocycles. The summed E-state index contributed by atoms with van der Waals surface area (Å²) >= 11 is 3.39. The van der Waals surface area contributed by atoms with Crippen molar-refractivity contribution in [1.82, 2.24) is 4.90 Å². The second-order valence-corrected chi connectivity index (χ2v) is 6.56. The van der Waals surface area contributed by atoms with Gasteiger partial charge in [-0.1, -0.05) is 40.2 Å². The standard InChI is InChI=1S/C19H18BrFN2O/c20-16-8-5-15(6-9-16)7-10-19(24)23-13-11-22(12-14-23)18-4-2-1-3-17(18)21/h1-10H,11-14H2/b10-7+. The molecule has 0 atom stereocenters. The zero-order valence-electron chi connectivity index (χ0n) is 13.2. The highest BCUT2D eigenvalue weighted by Gasteiger charge is 2.21. The van der Waals surface area contributed by atoms with Crippen LogP contribution in [0.2, 0.25) is 0 Å². The molecule has 2 aromatic rings. The Bertz CT molecular complexity index is 737. The van der Waals surface area contributed by atoms with Crippen molar-refractivity contribution < 1.29 is 9.18 Å². The molecule has 0 aliphatic carbocycles. The second kappa shape index (κ2) is 7.62. The fourth-order valence-corrected chi connectivity index (χ4v) is 2.99. The SMILES string of the molecule is O=C(/C=C/c1ccc(Br)cc1)N1CCN(c2ccccc2F)CC1. The highest BCUT2D eigenvalue weighted by Crippen LogP contribution is 2.20. The summed E-state index contributed by atoms with van der Waals surface area (Å²) in [6.45, 7) is 2.47. The second-order valence-electron chi connectivity index (χ2n) is 5.65. The summed E-state index contributed by atoms with van der Waals surface area (Å²) in [5.74, 6) is -0.224. The van der Waals surface area contributed by atoms with E-state index in [-0.39, 0.29) is 11.7 Å². The van der Waals surface area contributed by atoms with E-state index in [0.717, 1.165) is 10.0 Å². The predicted molar refractivity (Wildman–Crippen MR) is 98.4 cm³/mol. The first-order valence-corrected chi connectivity index (χ1v) is 8.65. The average Bonchev–Trinajstić information content (AvgIpc) is 2.61. The van der Waals surface area contributed by atoms with E-state index in [1.807, 2.05) is 41.3 Å². The number of hydrogen-bond acceptors (Lipinski definition) is 2. The van der Waals surface area contributed by atoms with Gasteiger partial charge in [0.25, 0.3) is 0 Å². The maximum atomic E-state index is 13.8. The third kappa shape index (κ3) is 4.03. The van der Waals surface area contributed by atoms with Gasteiger partial charge in [-0.25, -0.2) is 4.39 Å². The van der Waals surface area contributed by atoms with Gasteiger partial charge in [-0.3, -0.25) is 4.79 Å². The molecule has 1 aliphatic heterocycles. The molecule has 5 heteroatoms. The van der Waals surface area contributed by atoms with E-state index in [2.05, 4.69) is 15.9 Å². The molecule has 1 fully saturated rings. The lowest BCUT2D eigenvalue weighted by Gasteiger charge is -2.35. The van der Waals surface area contributed by atoms with Crippen molar-refractivity contribution in [3.63, 3.8) is 0 Å². The fraction of sp³-hybridized carbons (Fsp3) is 0.211. The summed E-state index contributed by atoms with van der Waals surface area (Å²) in [5.41, 5.74) is 1.59. The normalized spacial score (nSPS) is 15.1. The zero-order chi connectivity index (χ0) is 16.9. The lowest BCUT2D eigenvalue weighted by atomic mass is 10.2. The van der Waals surface area contributed by atoms with Crippen molar-refractivity contribution in [2.45, 2.75) is 0 Å². The Hall–Kier alpha value is -2.14. The molecule has 124 valence electrons. The molecule has 0 N–H and O–H groups in total. The van der Waals surface area contributed by atoms with Crippen LogP contribution in [0.3, 0.4) is 0 Å². The Balaban J connectivity index is 1.57. The first-order valence-electron chi connectivity index (χ1n) is 7.85. The maximum absolute atomic E-state index is 13.8. The predicted octanol–water partition coefficient (Wildman–Crippen LogP) is 3.95. The van der Waals surface area contributed by atoms with E-state index in [4.69, 9.17) is 0 Å². The topological polar surface area (TPSA) is 23.6 Å². The molecule has 1 saturated heterocycles. The minimum Gasteiger partial charge on any atom is -0.366 e. The number of benzene rings is 2. The third-order valence-electron chi connectivity index (χ3n) is 4.07. The van der Waals surface area contributed by atoms with Crippen molar-refractivity contribution in [3.05, 3.63) is 70.5 Å². The molecule has 3 rings (SSSR count). The number of hydrogen-bond donors (Lipinski definition) is 0. The number of rotatable bonds is 3. The minimum absolute atomic E-state index is 0.00824.